The van der Waals surface area contributed by atoms with E-state index in [9.17, 15) is 22.8 Å². The van der Waals surface area contributed by atoms with E-state index < -0.39 is 24.5 Å². The molecule has 0 aliphatic heterocycles. The van der Waals surface area contributed by atoms with Gasteiger partial charge in [0.1, 0.15) is 6.54 Å². The van der Waals surface area contributed by atoms with Crippen LogP contribution in [0.5, 0.6) is 0 Å². The standard InChI is InChI=1S/C21H21F3N6O2S/c1-2-14-5-3-4-6-16(14)27-17(31)11-26-18(32)12-33-20-29-28-19(15-7-9-25-10-8-15)30(20)13-21(22,23)24/h3-10H,2,11-13H2,1H3,(H,26,32)(H,27,31). The van der Waals surface area contributed by atoms with Crippen molar-refractivity contribution in [3.63, 3.8) is 0 Å². The van der Waals surface area contributed by atoms with Gasteiger partial charge in [0, 0.05) is 23.6 Å². The van der Waals surface area contributed by atoms with Crippen LogP contribution in [0.2, 0.25) is 0 Å². The lowest BCUT2D eigenvalue weighted by molar-refractivity contribution is -0.141. The van der Waals surface area contributed by atoms with Crippen molar-refractivity contribution in [3.8, 4) is 11.4 Å². The number of amides is 2. The van der Waals surface area contributed by atoms with Gasteiger partial charge in [-0.2, -0.15) is 13.2 Å². The van der Waals surface area contributed by atoms with Crippen LogP contribution in [-0.2, 0) is 22.6 Å². The highest BCUT2D eigenvalue weighted by atomic mass is 32.2. The summed E-state index contributed by atoms with van der Waals surface area (Å²) in [5.41, 5.74) is 2.04. The van der Waals surface area contributed by atoms with Crippen molar-refractivity contribution in [1.29, 1.82) is 0 Å². The summed E-state index contributed by atoms with van der Waals surface area (Å²) in [5, 5.41) is 12.8. The number of nitrogens with one attached hydrogen (secondary N) is 2. The number of aryl methyl sites for hydroxylation is 1. The Kier molecular flexibility index (Phi) is 8.04. The lowest BCUT2D eigenvalue weighted by atomic mass is 10.1. The van der Waals surface area contributed by atoms with Crippen molar-refractivity contribution >= 4 is 29.3 Å². The number of hydrogen-bond donors (Lipinski definition) is 2. The summed E-state index contributed by atoms with van der Waals surface area (Å²) < 4.78 is 40.2. The van der Waals surface area contributed by atoms with Gasteiger partial charge in [0.05, 0.1) is 12.3 Å². The third-order valence-corrected chi connectivity index (χ3v) is 5.41. The smallest absolute Gasteiger partial charge is 0.346 e. The van der Waals surface area contributed by atoms with Crippen molar-refractivity contribution in [2.24, 2.45) is 0 Å². The molecule has 2 N–H and O–H groups in total. The van der Waals surface area contributed by atoms with E-state index in [1.165, 1.54) is 24.5 Å². The Hall–Kier alpha value is -3.41. The van der Waals surface area contributed by atoms with Crippen molar-refractivity contribution in [2.45, 2.75) is 31.2 Å². The maximum atomic E-state index is 13.1. The van der Waals surface area contributed by atoms with Crippen molar-refractivity contribution < 1.29 is 22.8 Å². The highest BCUT2D eigenvalue weighted by Crippen LogP contribution is 2.28. The molecule has 8 nitrogen and oxygen atoms in total. The molecule has 174 valence electrons. The van der Waals surface area contributed by atoms with E-state index in [1.54, 1.807) is 12.1 Å². The number of halogens is 3. The zero-order valence-electron chi connectivity index (χ0n) is 17.6. The minimum atomic E-state index is -4.51. The van der Waals surface area contributed by atoms with Gasteiger partial charge in [-0.25, -0.2) is 0 Å². The maximum absolute atomic E-state index is 13.1. The summed E-state index contributed by atoms with van der Waals surface area (Å²) in [4.78, 5) is 28.2. The van der Waals surface area contributed by atoms with Crippen LogP contribution in [0.1, 0.15) is 12.5 Å². The number of para-hydroxylation sites is 1. The number of pyridine rings is 1. The molecule has 0 spiro atoms. The molecule has 0 unspecified atom stereocenters. The number of benzene rings is 1. The van der Waals surface area contributed by atoms with Crippen LogP contribution in [0, 0.1) is 0 Å². The fraction of sp³-hybridized carbons (Fsp3) is 0.286. The fourth-order valence-corrected chi connectivity index (χ4v) is 3.70. The molecule has 0 bridgehead atoms. The van der Waals surface area contributed by atoms with Gasteiger partial charge in [0.2, 0.25) is 11.8 Å². The predicted molar refractivity (Wildman–Crippen MR) is 117 cm³/mol. The van der Waals surface area contributed by atoms with Crippen LogP contribution >= 0.6 is 11.8 Å². The van der Waals surface area contributed by atoms with E-state index >= 15 is 0 Å². The molecule has 33 heavy (non-hydrogen) atoms. The van der Waals surface area contributed by atoms with Gasteiger partial charge in [-0.15, -0.1) is 10.2 Å². The zero-order chi connectivity index (χ0) is 23.8. The topological polar surface area (TPSA) is 102 Å². The summed E-state index contributed by atoms with van der Waals surface area (Å²) in [7, 11) is 0. The fourth-order valence-electron chi connectivity index (χ4n) is 2.94. The molecule has 2 aromatic heterocycles. The predicted octanol–water partition coefficient (Wildman–Crippen LogP) is 3.31. The average Bonchev–Trinajstić information content (AvgIpc) is 3.18. The first-order valence-electron chi connectivity index (χ1n) is 9.94. The van der Waals surface area contributed by atoms with E-state index in [-0.39, 0.29) is 23.3 Å². The molecule has 0 saturated heterocycles. The Balaban J connectivity index is 1.59. The van der Waals surface area contributed by atoms with Crippen LogP contribution in [0.15, 0.2) is 53.9 Å². The third kappa shape index (κ3) is 7.04. The summed E-state index contributed by atoms with van der Waals surface area (Å²) in [6.45, 7) is 0.386. The Morgan fingerprint density at radius 1 is 1.06 bits per heavy atom. The van der Waals surface area contributed by atoms with Crippen molar-refractivity contribution in [3.05, 3.63) is 54.4 Å². The number of alkyl halides is 3. The molecule has 3 rings (SSSR count). The van der Waals surface area contributed by atoms with E-state index in [1.807, 2.05) is 19.1 Å². The minimum Gasteiger partial charge on any atom is -0.346 e. The van der Waals surface area contributed by atoms with Crippen molar-refractivity contribution in [1.82, 2.24) is 25.1 Å². The second-order valence-electron chi connectivity index (χ2n) is 6.87. The quantitative estimate of drug-likeness (QED) is 0.458. The largest absolute Gasteiger partial charge is 0.406 e. The van der Waals surface area contributed by atoms with Gasteiger partial charge >= 0.3 is 6.18 Å². The number of aromatic nitrogens is 4. The van der Waals surface area contributed by atoms with Crippen LogP contribution in [-0.4, -0.2) is 50.0 Å². The first-order valence-corrected chi connectivity index (χ1v) is 10.9. The average molecular weight is 479 g/mol. The molecule has 0 fully saturated rings. The molecule has 2 amide bonds. The van der Waals surface area contributed by atoms with E-state index in [0.717, 1.165) is 28.3 Å². The van der Waals surface area contributed by atoms with Gasteiger partial charge in [-0.3, -0.25) is 19.1 Å². The number of rotatable bonds is 9. The first kappa shape index (κ1) is 24.2. The minimum absolute atomic E-state index is 0.0200. The van der Waals surface area contributed by atoms with E-state index in [2.05, 4.69) is 25.8 Å². The van der Waals surface area contributed by atoms with Crippen LogP contribution in [0.25, 0.3) is 11.4 Å². The first-order chi connectivity index (χ1) is 15.8. The number of hydrogen-bond acceptors (Lipinski definition) is 6. The summed E-state index contributed by atoms with van der Waals surface area (Å²) >= 11 is 0.803. The molecule has 0 radical (unpaired) electrons. The molecular formula is C21H21F3N6O2S. The molecule has 0 aliphatic rings. The molecule has 1 aromatic carbocycles. The van der Waals surface area contributed by atoms with Gasteiger partial charge in [0.25, 0.3) is 0 Å². The van der Waals surface area contributed by atoms with Crippen LogP contribution < -0.4 is 10.6 Å². The lowest BCUT2D eigenvalue weighted by Gasteiger charge is -2.13. The highest BCUT2D eigenvalue weighted by Gasteiger charge is 2.31. The molecule has 3 aromatic rings. The number of carbonyl (C=O) groups excluding carboxylic acids is 2. The maximum Gasteiger partial charge on any atom is 0.406 e. The molecule has 2 heterocycles. The third-order valence-electron chi connectivity index (χ3n) is 4.44. The Morgan fingerprint density at radius 2 is 1.79 bits per heavy atom. The lowest BCUT2D eigenvalue weighted by Crippen LogP contribution is -2.34. The molecule has 12 heteroatoms. The Morgan fingerprint density at radius 3 is 2.48 bits per heavy atom. The second-order valence-corrected chi connectivity index (χ2v) is 7.81. The van der Waals surface area contributed by atoms with Gasteiger partial charge in [-0.05, 0) is 30.2 Å². The SMILES string of the molecule is CCc1ccccc1NC(=O)CNC(=O)CSc1nnc(-c2ccncc2)n1CC(F)(F)F. The molecule has 0 saturated carbocycles. The van der Waals surface area contributed by atoms with E-state index in [4.69, 9.17) is 0 Å². The summed E-state index contributed by atoms with van der Waals surface area (Å²) in [5.74, 6) is -1.14. The van der Waals surface area contributed by atoms with Crippen LogP contribution in [0.3, 0.4) is 0 Å². The zero-order valence-corrected chi connectivity index (χ0v) is 18.4. The monoisotopic (exact) mass is 478 g/mol. The van der Waals surface area contributed by atoms with Gasteiger partial charge in [0.15, 0.2) is 11.0 Å². The molecule has 0 atom stereocenters. The highest BCUT2D eigenvalue weighted by molar-refractivity contribution is 7.99. The number of nitrogens with zero attached hydrogens (tertiary/aromatic N) is 4. The normalized spacial score (nSPS) is 11.3. The second kappa shape index (κ2) is 10.9. The van der Waals surface area contributed by atoms with Gasteiger partial charge in [-0.1, -0.05) is 36.9 Å². The van der Waals surface area contributed by atoms with Crippen LogP contribution in [0.4, 0.5) is 18.9 Å². The van der Waals surface area contributed by atoms with Gasteiger partial charge < -0.3 is 10.6 Å². The summed E-state index contributed by atoms with van der Waals surface area (Å²) in [6.07, 6.45) is -0.896. The molecule has 0 aliphatic carbocycles. The van der Waals surface area contributed by atoms with Crippen molar-refractivity contribution in [2.75, 3.05) is 17.6 Å². The summed E-state index contributed by atoms with van der Waals surface area (Å²) in [6, 6.07) is 10.4. The Bertz CT molecular complexity index is 1100. The van der Waals surface area contributed by atoms with E-state index in [0.29, 0.717) is 11.3 Å². The number of thioether (sulfide) groups is 1. The number of anilines is 1. The molecular weight excluding hydrogens is 457 g/mol. The Labute approximate surface area is 192 Å². The number of carbonyl (C=O) groups is 2.